The van der Waals surface area contributed by atoms with Crippen LogP contribution in [0.3, 0.4) is 0 Å². The Bertz CT molecular complexity index is 429. The molecule has 16 heavy (non-hydrogen) atoms. The third-order valence-electron chi connectivity index (χ3n) is 3.68. The minimum absolute atomic E-state index is 0.0816. The van der Waals surface area contributed by atoms with Crippen LogP contribution in [0.25, 0.3) is 0 Å². The maximum Gasteiger partial charge on any atom is 0.124 e. The van der Waals surface area contributed by atoms with E-state index in [1.807, 2.05) is 0 Å². The van der Waals surface area contributed by atoms with Crippen molar-refractivity contribution in [3.8, 4) is 0 Å². The van der Waals surface area contributed by atoms with Crippen molar-refractivity contribution in [1.82, 2.24) is 0 Å². The second-order valence-corrected chi connectivity index (χ2v) is 5.41. The number of nitrogens with one attached hydrogen (secondary N) is 1. The van der Waals surface area contributed by atoms with Crippen LogP contribution in [0, 0.1) is 5.82 Å². The number of fused-ring (bicyclic) bond motifs is 2. The Balaban J connectivity index is 2.10. The van der Waals surface area contributed by atoms with Gasteiger partial charge in [-0.3, -0.25) is 0 Å². The van der Waals surface area contributed by atoms with E-state index >= 15 is 0 Å². The van der Waals surface area contributed by atoms with Crippen molar-refractivity contribution in [2.75, 3.05) is 25.1 Å². The second-order valence-electron chi connectivity index (χ2n) is 4.56. The van der Waals surface area contributed by atoms with Crippen molar-refractivity contribution in [2.45, 2.75) is 18.3 Å². The van der Waals surface area contributed by atoms with Crippen LogP contribution in [0.4, 0.5) is 10.1 Å². The van der Waals surface area contributed by atoms with Gasteiger partial charge in [-0.15, -0.1) is 0 Å². The van der Waals surface area contributed by atoms with Gasteiger partial charge < -0.3 is 10.1 Å². The lowest BCUT2D eigenvalue weighted by Crippen LogP contribution is -2.35. The van der Waals surface area contributed by atoms with Gasteiger partial charge in [-0.2, -0.15) is 0 Å². The fourth-order valence-electron chi connectivity index (χ4n) is 2.73. The van der Waals surface area contributed by atoms with Crippen molar-refractivity contribution in [2.24, 2.45) is 0 Å². The van der Waals surface area contributed by atoms with E-state index in [4.69, 9.17) is 4.74 Å². The summed E-state index contributed by atoms with van der Waals surface area (Å²) in [6.07, 6.45) is 1.95. The molecule has 1 aromatic rings. The quantitative estimate of drug-likeness (QED) is 0.791. The van der Waals surface area contributed by atoms with E-state index in [1.54, 1.807) is 6.07 Å². The molecule has 1 fully saturated rings. The van der Waals surface area contributed by atoms with Crippen molar-refractivity contribution in [1.29, 1.82) is 0 Å². The molecular weight excluding hydrogens is 273 g/mol. The van der Waals surface area contributed by atoms with Gasteiger partial charge in [0.15, 0.2) is 0 Å². The number of benzene rings is 1. The summed E-state index contributed by atoms with van der Waals surface area (Å²) in [7, 11) is 0. The van der Waals surface area contributed by atoms with Gasteiger partial charge in [0, 0.05) is 29.6 Å². The zero-order valence-corrected chi connectivity index (χ0v) is 10.4. The molecule has 1 saturated heterocycles. The molecule has 4 heteroatoms. The van der Waals surface area contributed by atoms with Crippen LogP contribution < -0.4 is 5.32 Å². The summed E-state index contributed by atoms with van der Waals surface area (Å²) >= 11 is 3.41. The molecule has 2 aliphatic heterocycles. The summed E-state index contributed by atoms with van der Waals surface area (Å²) in [5, 5.41) is 3.39. The third-order valence-corrected chi connectivity index (χ3v) is 4.31. The summed E-state index contributed by atoms with van der Waals surface area (Å²) in [5.41, 5.74) is 2.25. The molecule has 86 valence electrons. The molecule has 2 nitrogen and oxygen atoms in total. The summed E-state index contributed by atoms with van der Waals surface area (Å²) in [6, 6.07) is 3.19. The van der Waals surface area contributed by atoms with Crippen LogP contribution in [0.1, 0.15) is 18.4 Å². The first-order chi connectivity index (χ1) is 7.71. The molecule has 0 saturated carbocycles. The lowest BCUT2D eigenvalue weighted by Gasteiger charge is -2.33. The Morgan fingerprint density at radius 3 is 2.81 bits per heavy atom. The summed E-state index contributed by atoms with van der Waals surface area (Å²) in [4.78, 5) is 0. The Hall–Kier alpha value is -0.610. The summed E-state index contributed by atoms with van der Waals surface area (Å²) in [6.45, 7) is 2.44. The number of halogens is 2. The van der Waals surface area contributed by atoms with E-state index in [2.05, 4.69) is 21.2 Å². The lowest BCUT2D eigenvalue weighted by molar-refractivity contribution is 0.0566. The zero-order valence-electron chi connectivity index (χ0n) is 8.85. The average Bonchev–Trinajstić information content (AvgIpc) is 2.59. The number of ether oxygens (including phenoxy) is 1. The Morgan fingerprint density at radius 2 is 2.06 bits per heavy atom. The van der Waals surface area contributed by atoms with E-state index in [-0.39, 0.29) is 11.2 Å². The van der Waals surface area contributed by atoms with Gasteiger partial charge in [0.1, 0.15) is 5.82 Å². The first kappa shape index (κ1) is 10.5. The Kier molecular flexibility index (Phi) is 2.44. The maximum absolute atomic E-state index is 13.5. The standard InChI is InChI=1S/C12H13BrFNO/c13-10-6-8(14)5-9-11(10)15-7-12(9)1-3-16-4-2-12/h5-6,15H,1-4,7H2. The largest absolute Gasteiger partial charge is 0.383 e. The highest BCUT2D eigenvalue weighted by atomic mass is 79.9. The minimum atomic E-state index is -0.166. The van der Waals surface area contributed by atoms with Crippen LogP contribution in [0.5, 0.6) is 0 Å². The Labute approximate surface area is 102 Å². The fourth-order valence-corrected chi connectivity index (χ4v) is 3.31. The van der Waals surface area contributed by atoms with Crippen molar-refractivity contribution in [3.05, 3.63) is 28.0 Å². The lowest BCUT2D eigenvalue weighted by atomic mass is 9.76. The number of hydrogen-bond donors (Lipinski definition) is 1. The van der Waals surface area contributed by atoms with Crippen LogP contribution in [-0.4, -0.2) is 19.8 Å². The van der Waals surface area contributed by atoms with Crippen LogP contribution in [-0.2, 0) is 10.2 Å². The van der Waals surface area contributed by atoms with E-state index < -0.39 is 0 Å². The highest BCUT2D eigenvalue weighted by Gasteiger charge is 2.41. The van der Waals surface area contributed by atoms with E-state index in [0.29, 0.717) is 0 Å². The van der Waals surface area contributed by atoms with Gasteiger partial charge >= 0.3 is 0 Å². The fraction of sp³-hybridized carbons (Fsp3) is 0.500. The number of anilines is 1. The summed E-state index contributed by atoms with van der Waals surface area (Å²) < 4.78 is 19.7. The normalized spacial score (nSPS) is 21.9. The average molecular weight is 286 g/mol. The molecule has 0 radical (unpaired) electrons. The van der Waals surface area contributed by atoms with Crippen LogP contribution >= 0.6 is 15.9 Å². The van der Waals surface area contributed by atoms with Crippen molar-refractivity contribution < 1.29 is 9.13 Å². The minimum Gasteiger partial charge on any atom is -0.383 e. The molecule has 2 heterocycles. The third kappa shape index (κ3) is 1.47. The first-order valence-corrected chi connectivity index (χ1v) is 6.32. The maximum atomic E-state index is 13.5. The van der Waals surface area contributed by atoms with E-state index in [0.717, 1.165) is 48.3 Å². The molecule has 3 rings (SSSR count). The highest BCUT2D eigenvalue weighted by Crippen LogP contribution is 2.46. The van der Waals surface area contributed by atoms with Gasteiger partial charge in [0.05, 0.1) is 5.69 Å². The van der Waals surface area contributed by atoms with Crippen LogP contribution in [0.2, 0.25) is 0 Å². The van der Waals surface area contributed by atoms with Crippen LogP contribution in [0.15, 0.2) is 16.6 Å². The monoisotopic (exact) mass is 285 g/mol. The number of hydrogen-bond acceptors (Lipinski definition) is 2. The number of rotatable bonds is 0. The molecule has 0 unspecified atom stereocenters. The molecule has 1 N–H and O–H groups in total. The molecule has 0 aliphatic carbocycles. The van der Waals surface area contributed by atoms with Gasteiger partial charge in [-0.05, 0) is 46.5 Å². The van der Waals surface area contributed by atoms with Crippen molar-refractivity contribution in [3.63, 3.8) is 0 Å². The molecule has 0 bridgehead atoms. The first-order valence-electron chi connectivity index (χ1n) is 5.52. The smallest absolute Gasteiger partial charge is 0.124 e. The molecule has 2 aliphatic rings. The zero-order chi connectivity index (χ0) is 11.2. The SMILES string of the molecule is Fc1cc(Br)c2c(c1)C1(CCOCC1)CN2. The topological polar surface area (TPSA) is 21.3 Å². The molecule has 0 amide bonds. The van der Waals surface area contributed by atoms with E-state index in [9.17, 15) is 4.39 Å². The predicted molar refractivity (Wildman–Crippen MR) is 64.3 cm³/mol. The van der Waals surface area contributed by atoms with Gasteiger partial charge in [-0.1, -0.05) is 0 Å². The van der Waals surface area contributed by atoms with E-state index in [1.165, 1.54) is 6.07 Å². The van der Waals surface area contributed by atoms with Gasteiger partial charge in [0.2, 0.25) is 0 Å². The Morgan fingerprint density at radius 1 is 1.31 bits per heavy atom. The summed E-state index contributed by atoms with van der Waals surface area (Å²) in [5.74, 6) is -0.166. The molecule has 0 aromatic heterocycles. The molecule has 1 spiro atoms. The van der Waals surface area contributed by atoms with Gasteiger partial charge in [-0.25, -0.2) is 4.39 Å². The highest BCUT2D eigenvalue weighted by molar-refractivity contribution is 9.10. The second kappa shape index (κ2) is 3.70. The molecule has 1 aromatic carbocycles. The predicted octanol–water partition coefficient (Wildman–Crippen LogP) is 3.06. The van der Waals surface area contributed by atoms with Gasteiger partial charge in [0.25, 0.3) is 0 Å². The van der Waals surface area contributed by atoms with Crippen molar-refractivity contribution >= 4 is 21.6 Å². The molecule has 0 atom stereocenters. The molecular formula is C12H13BrFNO.